The van der Waals surface area contributed by atoms with E-state index in [0.717, 1.165) is 30.5 Å². The molecule has 4 rings (SSSR count). The van der Waals surface area contributed by atoms with Gasteiger partial charge in [0.25, 0.3) is 5.91 Å². The van der Waals surface area contributed by atoms with E-state index in [9.17, 15) is 18.0 Å². The van der Waals surface area contributed by atoms with Crippen LogP contribution in [0.3, 0.4) is 0 Å². The van der Waals surface area contributed by atoms with Crippen LogP contribution in [0.1, 0.15) is 38.7 Å². The molecule has 0 aromatic heterocycles. The molecule has 1 N–H and O–H groups in total. The number of anilines is 2. The minimum atomic E-state index is -3.56. The van der Waals surface area contributed by atoms with Gasteiger partial charge in [-0.2, -0.15) is 4.31 Å². The van der Waals surface area contributed by atoms with Crippen molar-refractivity contribution in [3.8, 4) is 5.75 Å². The van der Waals surface area contributed by atoms with Crippen molar-refractivity contribution in [2.75, 3.05) is 36.5 Å². The predicted octanol–water partition coefficient (Wildman–Crippen LogP) is 3.42. The first kappa shape index (κ1) is 24.2. The molecule has 0 atom stereocenters. The molecule has 0 radical (unpaired) electrons. The molecule has 1 heterocycles. The van der Waals surface area contributed by atoms with Gasteiger partial charge in [-0.15, -0.1) is 0 Å². The van der Waals surface area contributed by atoms with Crippen molar-refractivity contribution in [3.63, 3.8) is 0 Å². The zero-order chi connectivity index (χ0) is 24.3. The number of hydrogen-bond acceptors (Lipinski definition) is 5. The van der Waals surface area contributed by atoms with E-state index < -0.39 is 10.0 Å². The average molecular weight is 486 g/mol. The number of rotatable bonds is 9. The highest BCUT2D eigenvalue weighted by atomic mass is 32.2. The Morgan fingerprint density at radius 3 is 2.59 bits per heavy atom. The lowest BCUT2D eigenvalue weighted by atomic mass is 10.0. The first-order valence-corrected chi connectivity index (χ1v) is 13.2. The summed E-state index contributed by atoms with van der Waals surface area (Å²) in [6.07, 6.45) is 3.31. The maximum atomic E-state index is 13.0. The van der Waals surface area contributed by atoms with E-state index >= 15 is 0 Å². The first-order valence-electron chi connectivity index (χ1n) is 11.8. The van der Waals surface area contributed by atoms with Gasteiger partial charge in [-0.1, -0.05) is 19.9 Å². The third-order valence-corrected chi connectivity index (χ3v) is 8.27. The molecule has 2 aromatic carbocycles. The number of amides is 2. The summed E-state index contributed by atoms with van der Waals surface area (Å²) in [6.45, 7) is 4.84. The Morgan fingerprint density at radius 1 is 1.12 bits per heavy atom. The van der Waals surface area contributed by atoms with Gasteiger partial charge >= 0.3 is 0 Å². The maximum Gasteiger partial charge on any atom is 0.264 e. The minimum absolute atomic E-state index is 0.0144. The summed E-state index contributed by atoms with van der Waals surface area (Å²) in [5.41, 5.74) is 2.22. The van der Waals surface area contributed by atoms with E-state index in [4.69, 9.17) is 4.74 Å². The largest absolute Gasteiger partial charge is 0.484 e. The average Bonchev–Trinajstić information content (AvgIpc) is 3.68. The number of carbonyl (C=O) groups excluding carboxylic acids is 2. The van der Waals surface area contributed by atoms with Crippen LogP contribution in [-0.2, 0) is 26.0 Å². The Hall–Kier alpha value is -2.91. The second-order valence-electron chi connectivity index (χ2n) is 8.61. The fraction of sp³-hybridized carbons (Fsp3) is 0.440. The Kier molecular flexibility index (Phi) is 7.23. The number of carbonyl (C=O) groups is 2. The standard InChI is InChI=1S/C25H31N3O5S/c1-3-27(4-2)34(31,32)22-12-13-23-19(15-22)7-6-14-28(23)24(29)17-33-21-9-5-8-20(16-21)26-25(30)18-10-11-18/h5,8-9,12-13,15-16,18H,3-4,6-7,10-11,14,17H2,1-2H3,(H,26,30). The van der Waals surface area contributed by atoms with E-state index in [1.165, 1.54) is 4.31 Å². The number of ether oxygens (including phenoxy) is 1. The topological polar surface area (TPSA) is 96.0 Å². The van der Waals surface area contributed by atoms with Crippen LogP contribution >= 0.6 is 0 Å². The number of aryl methyl sites for hydroxylation is 1. The minimum Gasteiger partial charge on any atom is -0.484 e. The molecule has 2 aromatic rings. The summed E-state index contributed by atoms with van der Waals surface area (Å²) in [7, 11) is -3.56. The summed E-state index contributed by atoms with van der Waals surface area (Å²) in [5.74, 6) is 0.418. The fourth-order valence-electron chi connectivity index (χ4n) is 4.18. The van der Waals surface area contributed by atoms with E-state index in [0.29, 0.717) is 37.5 Å². The molecule has 1 aliphatic heterocycles. The van der Waals surface area contributed by atoms with Crippen LogP contribution in [0, 0.1) is 5.92 Å². The Bertz CT molecular complexity index is 1170. The van der Waals surface area contributed by atoms with Crippen LogP contribution in [0.5, 0.6) is 5.75 Å². The molecular weight excluding hydrogens is 454 g/mol. The first-order chi connectivity index (χ1) is 16.3. The SMILES string of the molecule is CCN(CC)S(=O)(=O)c1ccc2c(c1)CCCN2C(=O)COc1cccc(NC(=O)C2CC2)c1. The summed E-state index contributed by atoms with van der Waals surface area (Å²) in [5, 5.41) is 2.88. The Morgan fingerprint density at radius 2 is 1.88 bits per heavy atom. The molecule has 1 saturated carbocycles. The summed E-state index contributed by atoms with van der Waals surface area (Å²) in [6, 6.07) is 12.0. The molecule has 2 amide bonds. The van der Waals surface area contributed by atoms with Gasteiger partial charge in [-0.3, -0.25) is 9.59 Å². The van der Waals surface area contributed by atoms with Gasteiger partial charge < -0.3 is 15.0 Å². The number of fused-ring (bicyclic) bond motifs is 1. The van der Waals surface area contributed by atoms with E-state index in [-0.39, 0.29) is 29.2 Å². The molecule has 0 bridgehead atoms. The Labute approximate surface area is 200 Å². The van der Waals surface area contributed by atoms with E-state index in [1.807, 2.05) is 13.8 Å². The molecular formula is C25H31N3O5S. The molecule has 8 nitrogen and oxygen atoms in total. The second kappa shape index (κ2) is 10.1. The van der Waals surface area contributed by atoms with Gasteiger partial charge in [0.2, 0.25) is 15.9 Å². The monoisotopic (exact) mass is 485 g/mol. The molecule has 182 valence electrons. The van der Waals surface area contributed by atoms with Crippen LogP contribution in [0.2, 0.25) is 0 Å². The molecule has 1 aliphatic carbocycles. The van der Waals surface area contributed by atoms with Gasteiger partial charge in [0.15, 0.2) is 6.61 Å². The van der Waals surface area contributed by atoms with E-state index in [1.54, 1.807) is 47.4 Å². The quantitative estimate of drug-likeness (QED) is 0.587. The van der Waals surface area contributed by atoms with Gasteiger partial charge in [-0.25, -0.2) is 8.42 Å². The van der Waals surface area contributed by atoms with Gasteiger partial charge in [0.1, 0.15) is 5.75 Å². The maximum absolute atomic E-state index is 13.0. The normalized spacial score (nSPS) is 15.7. The lowest BCUT2D eigenvalue weighted by molar-refractivity contribution is -0.120. The third kappa shape index (κ3) is 5.26. The van der Waals surface area contributed by atoms with Crippen LogP contribution in [0.25, 0.3) is 0 Å². The van der Waals surface area contributed by atoms with Crippen molar-refractivity contribution < 1.29 is 22.7 Å². The lowest BCUT2D eigenvalue weighted by Gasteiger charge is -2.30. The molecule has 34 heavy (non-hydrogen) atoms. The summed E-state index contributed by atoms with van der Waals surface area (Å²) in [4.78, 5) is 26.9. The molecule has 0 unspecified atom stereocenters. The van der Waals surface area contributed by atoms with Gasteiger partial charge in [0.05, 0.1) is 4.90 Å². The lowest BCUT2D eigenvalue weighted by Crippen LogP contribution is -2.39. The van der Waals surface area contributed by atoms with Crippen molar-refractivity contribution >= 4 is 33.2 Å². The fourth-order valence-corrected chi connectivity index (χ4v) is 5.69. The highest BCUT2D eigenvalue weighted by molar-refractivity contribution is 7.89. The Balaban J connectivity index is 1.44. The number of sulfonamides is 1. The molecule has 2 aliphatic rings. The third-order valence-electron chi connectivity index (χ3n) is 6.23. The van der Waals surface area contributed by atoms with Crippen LogP contribution in [0.4, 0.5) is 11.4 Å². The van der Waals surface area contributed by atoms with Crippen molar-refractivity contribution in [2.45, 2.75) is 44.4 Å². The van der Waals surface area contributed by atoms with Crippen molar-refractivity contribution in [3.05, 3.63) is 48.0 Å². The molecule has 0 spiro atoms. The van der Waals surface area contributed by atoms with Crippen LogP contribution in [0.15, 0.2) is 47.4 Å². The molecule has 1 fully saturated rings. The predicted molar refractivity (Wildman–Crippen MR) is 131 cm³/mol. The number of benzene rings is 2. The number of nitrogens with zero attached hydrogens (tertiary/aromatic N) is 2. The zero-order valence-corrected chi connectivity index (χ0v) is 20.4. The van der Waals surface area contributed by atoms with Crippen LogP contribution in [-0.4, -0.2) is 50.8 Å². The van der Waals surface area contributed by atoms with Crippen LogP contribution < -0.4 is 15.0 Å². The zero-order valence-electron chi connectivity index (χ0n) is 19.6. The number of nitrogens with one attached hydrogen (secondary N) is 1. The molecule has 0 saturated heterocycles. The van der Waals surface area contributed by atoms with Crippen molar-refractivity contribution in [1.82, 2.24) is 4.31 Å². The second-order valence-corrected chi connectivity index (χ2v) is 10.5. The van der Waals surface area contributed by atoms with Crippen molar-refractivity contribution in [1.29, 1.82) is 0 Å². The van der Waals surface area contributed by atoms with Gasteiger partial charge in [0, 0.05) is 43.0 Å². The van der Waals surface area contributed by atoms with Gasteiger partial charge in [-0.05, 0) is 61.6 Å². The molecule has 9 heteroatoms. The summed E-state index contributed by atoms with van der Waals surface area (Å²) < 4.78 is 32.9. The highest BCUT2D eigenvalue weighted by Crippen LogP contribution is 2.32. The van der Waals surface area contributed by atoms with E-state index in [2.05, 4.69) is 5.32 Å². The smallest absolute Gasteiger partial charge is 0.264 e. The highest BCUT2D eigenvalue weighted by Gasteiger charge is 2.30. The summed E-state index contributed by atoms with van der Waals surface area (Å²) >= 11 is 0. The van der Waals surface area contributed by atoms with Crippen molar-refractivity contribution in [2.24, 2.45) is 5.92 Å². The number of hydrogen-bond donors (Lipinski definition) is 1.